The van der Waals surface area contributed by atoms with E-state index in [2.05, 4.69) is 26.1 Å². The molecule has 1 fully saturated rings. The number of rotatable bonds is 3. The Morgan fingerprint density at radius 1 is 1.64 bits per heavy atom. The van der Waals surface area contributed by atoms with E-state index in [9.17, 15) is 0 Å². The van der Waals surface area contributed by atoms with Gasteiger partial charge in [-0.3, -0.25) is 0 Å². The van der Waals surface area contributed by atoms with Crippen LogP contribution in [0.3, 0.4) is 0 Å². The molecular formula is C7H16O2SSi. The molecule has 66 valence electrons. The molecule has 1 aliphatic rings. The highest BCUT2D eigenvalue weighted by molar-refractivity contribution is 7.80. The van der Waals surface area contributed by atoms with Gasteiger partial charge >= 0.3 is 8.56 Å². The molecule has 0 aromatic carbocycles. The van der Waals surface area contributed by atoms with Crippen LogP contribution in [0.25, 0.3) is 0 Å². The highest BCUT2D eigenvalue weighted by atomic mass is 32.1. The van der Waals surface area contributed by atoms with Crippen molar-refractivity contribution in [1.82, 2.24) is 0 Å². The lowest BCUT2D eigenvalue weighted by atomic mass is 10.5. The van der Waals surface area contributed by atoms with E-state index in [1.807, 2.05) is 0 Å². The molecule has 2 unspecified atom stereocenters. The van der Waals surface area contributed by atoms with E-state index in [1.54, 1.807) is 0 Å². The summed E-state index contributed by atoms with van der Waals surface area (Å²) >= 11 is 4.16. The third-order valence-corrected chi connectivity index (χ3v) is 5.12. The van der Waals surface area contributed by atoms with Crippen molar-refractivity contribution in [2.75, 3.05) is 12.4 Å². The third-order valence-electron chi connectivity index (χ3n) is 1.86. The van der Waals surface area contributed by atoms with E-state index in [-0.39, 0.29) is 0 Å². The first-order chi connectivity index (χ1) is 5.16. The summed E-state index contributed by atoms with van der Waals surface area (Å²) in [5, 5.41) is 0. The van der Waals surface area contributed by atoms with Crippen LogP contribution in [0.4, 0.5) is 0 Å². The zero-order valence-electron chi connectivity index (χ0n) is 7.17. The molecular weight excluding hydrogens is 176 g/mol. The van der Waals surface area contributed by atoms with Crippen molar-refractivity contribution >= 4 is 21.2 Å². The Hall–Kier alpha value is 0.487. The SMILES string of the molecule is CC1CO[Si](C)(CCCS)O1. The summed E-state index contributed by atoms with van der Waals surface area (Å²) < 4.78 is 11.4. The molecule has 1 saturated heterocycles. The van der Waals surface area contributed by atoms with Gasteiger partial charge in [0.25, 0.3) is 0 Å². The van der Waals surface area contributed by atoms with E-state index in [0.29, 0.717) is 6.10 Å². The Balaban J connectivity index is 2.29. The van der Waals surface area contributed by atoms with Gasteiger partial charge in [-0.25, -0.2) is 0 Å². The molecule has 0 bridgehead atoms. The molecule has 2 atom stereocenters. The van der Waals surface area contributed by atoms with Gasteiger partial charge in [-0.15, -0.1) is 0 Å². The predicted molar refractivity (Wildman–Crippen MR) is 51.4 cm³/mol. The maximum atomic E-state index is 5.73. The van der Waals surface area contributed by atoms with Crippen LogP contribution in [-0.2, 0) is 8.85 Å². The second-order valence-electron chi connectivity index (χ2n) is 3.20. The van der Waals surface area contributed by atoms with Crippen LogP contribution in [0.2, 0.25) is 12.6 Å². The minimum Gasteiger partial charge on any atom is -0.392 e. The molecule has 0 N–H and O–H groups in total. The lowest BCUT2D eigenvalue weighted by molar-refractivity contribution is 0.251. The first kappa shape index (κ1) is 9.57. The highest BCUT2D eigenvalue weighted by Crippen LogP contribution is 2.24. The molecule has 1 aliphatic heterocycles. The molecule has 0 aromatic heterocycles. The van der Waals surface area contributed by atoms with E-state index in [1.165, 1.54) is 0 Å². The lowest BCUT2D eigenvalue weighted by Gasteiger charge is -2.18. The Morgan fingerprint density at radius 3 is 2.82 bits per heavy atom. The number of hydrogen-bond donors (Lipinski definition) is 1. The first-order valence-electron chi connectivity index (χ1n) is 4.09. The van der Waals surface area contributed by atoms with Gasteiger partial charge in [0, 0.05) is 0 Å². The fraction of sp³-hybridized carbons (Fsp3) is 1.00. The fourth-order valence-electron chi connectivity index (χ4n) is 1.32. The predicted octanol–water partition coefficient (Wildman–Crippen LogP) is 1.81. The zero-order valence-corrected chi connectivity index (χ0v) is 9.06. The molecule has 0 saturated carbocycles. The van der Waals surface area contributed by atoms with Gasteiger partial charge in [0.05, 0.1) is 12.7 Å². The van der Waals surface area contributed by atoms with Gasteiger partial charge in [-0.1, -0.05) is 0 Å². The van der Waals surface area contributed by atoms with Crippen molar-refractivity contribution in [1.29, 1.82) is 0 Å². The molecule has 0 amide bonds. The first-order valence-corrected chi connectivity index (χ1v) is 7.24. The molecule has 4 heteroatoms. The maximum absolute atomic E-state index is 5.73. The summed E-state index contributed by atoms with van der Waals surface area (Å²) in [6, 6.07) is 1.08. The summed E-state index contributed by atoms with van der Waals surface area (Å²) in [5.74, 6) is 0.934. The van der Waals surface area contributed by atoms with Crippen LogP contribution < -0.4 is 0 Å². The number of thiol groups is 1. The van der Waals surface area contributed by atoms with Gasteiger partial charge < -0.3 is 8.85 Å². The van der Waals surface area contributed by atoms with Crippen molar-refractivity contribution in [3.05, 3.63) is 0 Å². The van der Waals surface area contributed by atoms with Gasteiger partial charge in [0.2, 0.25) is 0 Å². The quantitative estimate of drug-likeness (QED) is 0.543. The average molecular weight is 192 g/mol. The molecule has 1 heterocycles. The van der Waals surface area contributed by atoms with Crippen molar-refractivity contribution in [2.45, 2.75) is 32.0 Å². The van der Waals surface area contributed by atoms with E-state index in [0.717, 1.165) is 24.8 Å². The molecule has 0 spiro atoms. The van der Waals surface area contributed by atoms with Crippen molar-refractivity contribution < 1.29 is 8.85 Å². The van der Waals surface area contributed by atoms with Crippen LogP contribution in [-0.4, -0.2) is 27.0 Å². The van der Waals surface area contributed by atoms with Crippen LogP contribution in [0.5, 0.6) is 0 Å². The van der Waals surface area contributed by atoms with Crippen molar-refractivity contribution in [3.63, 3.8) is 0 Å². The Bertz CT molecular complexity index is 134. The fourth-order valence-corrected chi connectivity index (χ4v) is 4.43. The highest BCUT2D eigenvalue weighted by Gasteiger charge is 2.38. The summed E-state index contributed by atoms with van der Waals surface area (Å²) in [6.45, 7) is 4.99. The minimum absolute atomic E-state index is 0.312. The summed E-state index contributed by atoms with van der Waals surface area (Å²) in [7, 11) is -1.72. The summed E-state index contributed by atoms with van der Waals surface area (Å²) in [6.07, 6.45) is 1.42. The Morgan fingerprint density at radius 2 is 2.36 bits per heavy atom. The molecule has 11 heavy (non-hydrogen) atoms. The molecule has 0 aliphatic carbocycles. The molecule has 1 rings (SSSR count). The van der Waals surface area contributed by atoms with Crippen molar-refractivity contribution in [2.24, 2.45) is 0 Å². The standard InChI is InChI=1S/C7H16O2SSi/c1-7-6-8-11(2,9-7)5-3-4-10/h7,10H,3-6H2,1-2H3. The van der Waals surface area contributed by atoms with E-state index < -0.39 is 8.56 Å². The van der Waals surface area contributed by atoms with E-state index in [4.69, 9.17) is 8.85 Å². The summed E-state index contributed by atoms with van der Waals surface area (Å²) in [4.78, 5) is 0. The monoisotopic (exact) mass is 192 g/mol. The second kappa shape index (κ2) is 3.94. The average Bonchev–Trinajstić information content (AvgIpc) is 2.28. The van der Waals surface area contributed by atoms with Gasteiger partial charge in [-0.2, -0.15) is 12.6 Å². The van der Waals surface area contributed by atoms with Gasteiger partial charge in [-0.05, 0) is 31.7 Å². The van der Waals surface area contributed by atoms with Crippen molar-refractivity contribution in [3.8, 4) is 0 Å². The minimum atomic E-state index is -1.72. The van der Waals surface area contributed by atoms with Crippen LogP contribution >= 0.6 is 12.6 Å². The van der Waals surface area contributed by atoms with Crippen LogP contribution in [0.1, 0.15) is 13.3 Å². The topological polar surface area (TPSA) is 18.5 Å². The third kappa shape index (κ3) is 2.78. The number of hydrogen-bond acceptors (Lipinski definition) is 3. The van der Waals surface area contributed by atoms with E-state index >= 15 is 0 Å². The maximum Gasteiger partial charge on any atom is 0.335 e. The Kier molecular flexibility index (Phi) is 3.43. The van der Waals surface area contributed by atoms with Gasteiger partial charge in [0.1, 0.15) is 0 Å². The molecule has 0 radical (unpaired) electrons. The normalized spacial score (nSPS) is 37.9. The van der Waals surface area contributed by atoms with Crippen LogP contribution in [0.15, 0.2) is 0 Å². The smallest absolute Gasteiger partial charge is 0.335 e. The Labute approximate surface area is 74.9 Å². The molecule has 0 aromatic rings. The lowest BCUT2D eigenvalue weighted by Crippen LogP contribution is -2.32. The van der Waals surface area contributed by atoms with Crippen LogP contribution in [0, 0.1) is 0 Å². The zero-order chi connectivity index (χ0) is 8.32. The largest absolute Gasteiger partial charge is 0.392 e. The molecule has 2 nitrogen and oxygen atoms in total. The summed E-state index contributed by atoms with van der Waals surface area (Å²) in [5.41, 5.74) is 0. The second-order valence-corrected chi connectivity index (χ2v) is 6.94. The van der Waals surface area contributed by atoms with Gasteiger partial charge in [0.15, 0.2) is 0 Å².